The summed E-state index contributed by atoms with van der Waals surface area (Å²) in [5.41, 5.74) is 1.62. The SMILES string of the molecule is COc1ccc([C@H]2C(C#N)=C(N=CN3CCN(C)CC3)OC3=C2C(=O)CC(C)(C)C3)cc1. The molecule has 2 heterocycles. The average molecular weight is 435 g/mol. The van der Waals surface area contributed by atoms with Crippen LogP contribution in [0.15, 0.2) is 52.0 Å². The van der Waals surface area contributed by atoms with Crippen LogP contribution in [0, 0.1) is 16.7 Å². The molecule has 168 valence electrons. The molecule has 4 rings (SSSR count). The number of aliphatic imine (C=N–C) groups is 1. The predicted molar refractivity (Wildman–Crippen MR) is 122 cm³/mol. The Bertz CT molecular complexity index is 1020. The maximum atomic E-state index is 13.2. The Morgan fingerprint density at radius 3 is 2.50 bits per heavy atom. The zero-order chi connectivity index (χ0) is 22.9. The van der Waals surface area contributed by atoms with Crippen molar-refractivity contribution in [2.24, 2.45) is 10.4 Å². The smallest absolute Gasteiger partial charge is 0.235 e. The molecule has 0 N–H and O–H groups in total. The molecular weight excluding hydrogens is 404 g/mol. The Labute approximate surface area is 189 Å². The predicted octanol–water partition coefficient (Wildman–Crippen LogP) is 3.46. The molecule has 32 heavy (non-hydrogen) atoms. The van der Waals surface area contributed by atoms with E-state index in [0.717, 1.165) is 37.5 Å². The van der Waals surface area contributed by atoms with Crippen molar-refractivity contribution >= 4 is 12.1 Å². The summed E-state index contributed by atoms with van der Waals surface area (Å²) in [5.74, 6) is 1.19. The zero-order valence-corrected chi connectivity index (χ0v) is 19.2. The summed E-state index contributed by atoms with van der Waals surface area (Å²) < 4.78 is 11.5. The number of Topliss-reactive ketones (excluding diaryl/α,β-unsaturated/α-hetero) is 1. The van der Waals surface area contributed by atoms with Crippen LogP contribution in [0.3, 0.4) is 0 Å². The largest absolute Gasteiger partial charge is 0.497 e. The van der Waals surface area contributed by atoms with Gasteiger partial charge in [-0.3, -0.25) is 4.79 Å². The number of ether oxygens (including phenoxy) is 2. The summed E-state index contributed by atoms with van der Waals surface area (Å²) in [6, 6.07) is 9.82. The Morgan fingerprint density at radius 2 is 1.88 bits per heavy atom. The quantitative estimate of drug-likeness (QED) is 0.533. The molecule has 3 aliphatic rings. The average Bonchev–Trinajstić information content (AvgIpc) is 2.77. The Kier molecular flexibility index (Phi) is 6.07. The summed E-state index contributed by atoms with van der Waals surface area (Å²) in [5, 5.41) is 10.1. The lowest BCUT2D eigenvalue weighted by Crippen LogP contribution is -2.43. The van der Waals surface area contributed by atoms with Crippen LogP contribution in [-0.4, -0.2) is 62.3 Å². The van der Waals surface area contributed by atoms with Crippen molar-refractivity contribution in [1.29, 1.82) is 5.26 Å². The minimum atomic E-state index is -0.488. The number of nitriles is 1. The number of carbonyl (C=O) groups excluding carboxylic acids is 1. The van der Waals surface area contributed by atoms with Crippen LogP contribution in [0.4, 0.5) is 0 Å². The lowest BCUT2D eigenvalue weighted by molar-refractivity contribution is -0.119. The van der Waals surface area contributed by atoms with Gasteiger partial charge in [0.25, 0.3) is 0 Å². The second-order valence-corrected chi connectivity index (χ2v) is 9.50. The first-order valence-electron chi connectivity index (χ1n) is 11.0. The number of hydrogen-bond acceptors (Lipinski definition) is 6. The number of carbonyl (C=O) groups is 1. The van der Waals surface area contributed by atoms with Gasteiger partial charge in [0.15, 0.2) is 5.78 Å². The van der Waals surface area contributed by atoms with E-state index in [-0.39, 0.29) is 17.1 Å². The van der Waals surface area contributed by atoms with Crippen molar-refractivity contribution in [2.75, 3.05) is 40.3 Å². The molecule has 1 saturated heterocycles. The van der Waals surface area contributed by atoms with Crippen LogP contribution in [0.25, 0.3) is 0 Å². The van der Waals surface area contributed by atoms with Crippen molar-refractivity contribution in [3.05, 3.63) is 52.6 Å². The third-order valence-electron chi connectivity index (χ3n) is 6.35. The monoisotopic (exact) mass is 434 g/mol. The van der Waals surface area contributed by atoms with Gasteiger partial charge in [0, 0.05) is 44.6 Å². The summed E-state index contributed by atoms with van der Waals surface area (Å²) in [4.78, 5) is 22.2. The fraction of sp³-hybridized carbons (Fsp3) is 0.480. The van der Waals surface area contributed by atoms with E-state index in [4.69, 9.17) is 9.47 Å². The number of ketones is 1. The first-order chi connectivity index (χ1) is 15.3. The molecule has 0 spiro atoms. The first-order valence-corrected chi connectivity index (χ1v) is 11.0. The normalized spacial score (nSPS) is 23.8. The molecule has 0 aromatic heterocycles. The van der Waals surface area contributed by atoms with E-state index >= 15 is 0 Å². The van der Waals surface area contributed by atoms with Crippen LogP contribution in [0.2, 0.25) is 0 Å². The molecule has 1 aromatic rings. The Morgan fingerprint density at radius 1 is 1.19 bits per heavy atom. The molecule has 1 aliphatic carbocycles. The van der Waals surface area contributed by atoms with E-state index in [9.17, 15) is 10.1 Å². The minimum absolute atomic E-state index is 0.0342. The van der Waals surface area contributed by atoms with Crippen molar-refractivity contribution in [2.45, 2.75) is 32.6 Å². The van der Waals surface area contributed by atoms with Gasteiger partial charge in [-0.05, 0) is 30.2 Å². The molecule has 1 aromatic carbocycles. The van der Waals surface area contributed by atoms with Crippen molar-refractivity contribution in [3.8, 4) is 11.8 Å². The van der Waals surface area contributed by atoms with Gasteiger partial charge in [-0.25, -0.2) is 4.99 Å². The fourth-order valence-corrected chi connectivity index (χ4v) is 4.54. The van der Waals surface area contributed by atoms with Crippen LogP contribution in [0.5, 0.6) is 5.75 Å². The first kappa shape index (κ1) is 22.1. The number of hydrogen-bond donors (Lipinski definition) is 0. The second-order valence-electron chi connectivity index (χ2n) is 9.50. The molecule has 7 nitrogen and oxygen atoms in total. The highest BCUT2D eigenvalue weighted by molar-refractivity contribution is 6.00. The molecule has 0 bridgehead atoms. The van der Waals surface area contributed by atoms with Gasteiger partial charge in [-0.1, -0.05) is 26.0 Å². The number of benzene rings is 1. The lowest BCUT2D eigenvalue weighted by Gasteiger charge is -2.37. The van der Waals surface area contributed by atoms with Crippen LogP contribution < -0.4 is 4.74 Å². The van der Waals surface area contributed by atoms with Crippen molar-refractivity contribution in [1.82, 2.24) is 9.80 Å². The topological polar surface area (TPSA) is 78.2 Å². The zero-order valence-electron chi connectivity index (χ0n) is 19.2. The van der Waals surface area contributed by atoms with Gasteiger partial charge < -0.3 is 19.3 Å². The second kappa shape index (κ2) is 8.79. The van der Waals surface area contributed by atoms with Crippen molar-refractivity contribution < 1.29 is 14.3 Å². The third-order valence-corrected chi connectivity index (χ3v) is 6.35. The Balaban J connectivity index is 1.75. The molecule has 2 aliphatic heterocycles. The number of nitrogens with zero attached hydrogens (tertiary/aromatic N) is 4. The van der Waals surface area contributed by atoms with E-state index in [2.05, 4.69) is 41.8 Å². The molecule has 1 atom stereocenters. The molecule has 0 saturated carbocycles. The van der Waals surface area contributed by atoms with Gasteiger partial charge in [0.2, 0.25) is 5.88 Å². The summed E-state index contributed by atoms with van der Waals surface area (Å²) in [6.07, 6.45) is 2.83. The van der Waals surface area contributed by atoms with E-state index in [1.165, 1.54) is 0 Å². The highest BCUT2D eigenvalue weighted by Crippen LogP contribution is 2.48. The fourth-order valence-electron chi connectivity index (χ4n) is 4.54. The van der Waals surface area contributed by atoms with E-state index in [0.29, 0.717) is 29.7 Å². The molecule has 1 fully saturated rings. The van der Waals surface area contributed by atoms with Gasteiger partial charge in [0.1, 0.15) is 23.2 Å². The molecule has 0 unspecified atom stereocenters. The van der Waals surface area contributed by atoms with Gasteiger partial charge in [0.05, 0.1) is 19.4 Å². The van der Waals surface area contributed by atoms with E-state index in [1.54, 1.807) is 13.4 Å². The standard InChI is InChI=1S/C25H30N4O3/c1-25(2)13-20(30)23-21(14-25)32-24(27-16-29-11-9-28(3)10-12-29)19(15-26)22(23)17-5-7-18(31-4)8-6-17/h5-8,16,22H,9-14H2,1-4H3/t22-/m0/s1. The summed E-state index contributed by atoms with van der Waals surface area (Å²) >= 11 is 0. The number of methoxy groups -OCH3 is 1. The molecule has 7 heteroatoms. The maximum absolute atomic E-state index is 13.2. The van der Waals surface area contributed by atoms with E-state index < -0.39 is 5.92 Å². The molecule has 0 radical (unpaired) electrons. The summed E-state index contributed by atoms with van der Waals surface area (Å²) in [6.45, 7) is 7.80. The Hall–Kier alpha value is -3.11. The van der Waals surface area contributed by atoms with Crippen LogP contribution >= 0.6 is 0 Å². The van der Waals surface area contributed by atoms with Gasteiger partial charge >= 0.3 is 0 Å². The van der Waals surface area contributed by atoms with Crippen LogP contribution in [0.1, 0.15) is 38.2 Å². The summed E-state index contributed by atoms with van der Waals surface area (Å²) in [7, 11) is 3.72. The minimum Gasteiger partial charge on any atom is -0.497 e. The molecular formula is C25H30N4O3. The number of allylic oxidation sites excluding steroid dienone is 3. The number of likely N-dealkylation sites (N-methyl/N-ethyl adjacent to an activating group) is 1. The number of rotatable bonds is 4. The highest BCUT2D eigenvalue weighted by atomic mass is 16.5. The van der Waals surface area contributed by atoms with E-state index in [1.807, 2.05) is 24.3 Å². The van der Waals surface area contributed by atoms with Gasteiger partial charge in [-0.2, -0.15) is 5.26 Å². The highest BCUT2D eigenvalue weighted by Gasteiger charge is 2.43. The lowest BCUT2D eigenvalue weighted by atomic mass is 9.70. The van der Waals surface area contributed by atoms with Crippen molar-refractivity contribution in [3.63, 3.8) is 0 Å². The van der Waals surface area contributed by atoms with Crippen LogP contribution in [-0.2, 0) is 9.53 Å². The maximum Gasteiger partial charge on any atom is 0.235 e. The number of piperazine rings is 1. The molecule has 0 amide bonds. The van der Waals surface area contributed by atoms with Gasteiger partial charge in [-0.15, -0.1) is 0 Å². The third kappa shape index (κ3) is 4.42.